The number of carbonyl (C=O) groups is 3. The molecule has 4 fully saturated rings. The highest BCUT2D eigenvalue weighted by Crippen LogP contribution is 2.73. The zero-order valence-corrected chi connectivity index (χ0v) is 24.8. The van der Waals surface area contributed by atoms with Crippen LogP contribution in [0.25, 0.3) is 0 Å². The summed E-state index contributed by atoms with van der Waals surface area (Å²) in [5, 5.41) is 22.0. The SMILES string of the molecule is CC[C@H](O)CC(=O)O[C@@H]1C[C@H]2[C@]3(C)CC[C@H]4[C@@](C)(CC)CCC[C@]4(C)[C@H]3C[C@@H](O)[C@]2(C)[C@@H](C=O)[C@@H]1C(C)=O. The van der Waals surface area contributed by atoms with E-state index in [1.165, 1.54) is 19.8 Å². The van der Waals surface area contributed by atoms with E-state index in [0.29, 0.717) is 36.5 Å². The Kier molecular flexibility index (Phi) is 8.04. The first-order valence-electron chi connectivity index (χ1n) is 15.2. The van der Waals surface area contributed by atoms with Crippen LogP contribution in [0.15, 0.2) is 0 Å². The molecule has 0 saturated heterocycles. The Labute approximate surface area is 229 Å². The van der Waals surface area contributed by atoms with E-state index in [4.69, 9.17) is 4.74 Å². The summed E-state index contributed by atoms with van der Waals surface area (Å²) in [6.45, 7) is 14.9. The number of ether oxygens (including phenoxy) is 1. The van der Waals surface area contributed by atoms with Gasteiger partial charge in [0.15, 0.2) is 0 Å². The van der Waals surface area contributed by atoms with Crippen LogP contribution in [0.4, 0.5) is 0 Å². The van der Waals surface area contributed by atoms with Crippen molar-refractivity contribution in [2.75, 3.05) is 0 Å². The lowest BCUT2D eigenvalue weighted by Gasteiger charge is -2.71. The Balaban J connectivity index is 1.76. The van der Waals surface area contributed by atoms with Gasteiger partial charge in [0.05, 0.1) is 24.5 Å². The summed E-state index contributed by atoms with van der Waals surface area (Å²) in [6, 6.07) is 0. The molecule has 0 heterocycles. The fourth-order valence-corrected chi connectivity index (χ4v) is 10.7. The second kappa shape index (κ2) is 10.3. The van der Waals surface area contributed by atoms with E-state index in [1.807, 2.05) is 6.92 Å². The second-order valence-electron chi connectivity index (χ2n) is 14.5. The smallest absolute Gasteiger partial charge is 0.308 e. The molecule has 0 bridgehead atoms. The third kappa shape index (κ3) is 4.31. The van der Waals surface area contributed by atoms with Crippen molar-refractivity contribution < 1.29 is 29.3 Å². The van der Waals surface area contributed by atoms with Gasteiger partial charge in [0, 0.05) is 11.3 Å². The fraction of sp³-hybridized carbons (Fsp3) is 0.906. The second-order valence-corrected chi connectivity index (χ2v) is 14.5. The zero-order valence-electron chi connectivity index (χ0n) is 24.8. The van der Waals surface area contributed by atoms with Crippen LogP contribution in [0.2, 0.25) is 0 Å². The van der Waals surface area contributed by atoms with E-state index in [2.05, 4.69) is 27.7 Å². The number of aldehydes is 1. The summed E-state index contributed by atoms with van der Waals surface area (Å²) in [5.41, 5.74) is -0.497. The van der Waals surface area contributed by atoms with Crippen molar-refractivity contribution in [3.8, 4) is 0 Å². The molecule has 0 aromatic carbocycles. The van der Waals surface area contributed by atoms with E-state index in [0.717, 1.165) is 32.0 Å². The molecule has 6 nitrogen and oxygen atoms in total. The highest BCUT2D eigenvalue weighted by atomic mass is 16.5. The third-order valence-electron chi connectivity index (χ3n) is 12.9. The molecular weight excluding hydrogens is 480 g/mol. The minimum Gasteiger partial charge on any atom is -0.461 e. The van der Waals surface area contributed by atoms with Crippen LogP contribution in [0.5, 0.6) is 0 Å². The van der Waals surface area contributed by atoms with Crippen molar-refractivity contribution >= 4 is 18.0 Å². The summed E-state index contributed by atoms with van der Waals surface area (Å²) in [4.78, 5) is 38.6. The van der Waals surface area contributed by atoms with Crippen molar-refractivity contribution in [3.05, 3.63) is 0 Å². The predicted molar refractivity (Wildman–Crippen MR) is 146 cm³/mol. The lowest BCUT2D eigenvalue weighted by Crippen LogP contribution is -2.69. The summed E-state index contributed by atoms with van der Waals surface area (Å²) >= 11 is 0. The maximum atomic E-state index is 13.0. The number of ketones is 1. The molecule has 12 atom stereocenters. The van der Waals surface area contributed by atoms with E-state index >= 15 is 0 Å². The van der Waals surface area contributed by atoms with Crippen molar-refractivity contribution in [3.63, 3.8) is 0 Å². The van der Waals surface area contributed by atoms with Gasteiger partial charge in [-0.3, -0.25) is 9.59 Å². The summed E-state index contributed by atoms with van der Waals surface area (Å²) < 4.78 is 5.95. The van der Waals surface area contributed by atoms with Crippen LogP contribution in [0, 0.1) is 51.2 Å². The average molecular weight is 533 g/mol. The molecule has 4 rings (SSSR count). The average Bonchev–Trinajstić information content (AvgIpc) is 2.85. The van der Waals surface area contributed by atoms with Gasteiger partial charge >= 0.3 is 5.97 Å². The number of aliphatic hydroxyl groups is 2. The molecule has 4 saturated carbocycles. The van der Waals surface area contributed by atoms with Gasteiger partial charge in [-0.2, -0.15) is 0 Å². The maximum Gasteiger partial charge on any atom is 0.308 e. The van der Waals surface area contributed by atoms with Crippen LogP contribution < -0.4 is 0 Å². The van der Waals surface area contributed by atoms with Crippen molar-refractivity contribution in [1.82, 2.24) is 0 Å². The number of Topliss-reactive ketones (excluding diaryl/α,β-unsaturated/α-hetero) is 1. The minimum atomic E-state index is -0.790. The normalized spacial score (nSPS) is 49.1. The van der Waals surface area contributed by atoms with Gasteiger partial charge in [-0.05, 0) is 85.9 Å². The largest absolute Gasteiger partial charge is 0.461 e. The van der Waals surface area contributed by atoms with Crippen LogP contribution in [0.1, 0.15) is 113 Å². The molecule has 0 unspecified atom stereocenters. The highest BCUT2D eigenvalue weighted by molar-refractivity contribution is 5.83. The molecule has 0 aliphatic heterocycles. The predicted octanol–water partition coefficient (Wildman–Crippen LogP) is 5.51. The van der Waals surface area contributed by atoms with Gasteiger partial charge in [0.1, 0.15) is 18.2 Å². The fourth-order valence-electron chi connectivity index (χ4n) is 10.7. The monoisotopic (exact) mass is 532 g/mol. The number of carbonyl (C=O) groups excluding carboxylic acids is 3. The first kappa shape index (κ1) is 29.7. The standard InChI is InChI=1S/C32H52O6/c1-8-20(35)15-27(37)38-22-16-25-31(6)14-11-23-29(4,9-2)12-10-13-30(23,5)24(31)17-26(36)32(25,7)21(18-33)28(22)19(3)34/h18,20-26,28,35-36H,8-17H2,1-7H3/t20-,21-,22+,23-,24+,25-,26+,28-,29-,30-,31+,32+/m0/s1. The van der Waals surface area contributed by atoms with Crippen LogP contribution in [-0.4, -0.2) is 46.6 Å². The number of esters is 1. The molecular formula is C32H52O6. The number of rotatable bonds is 7. The van der Waals surface area contributed by atoms with Gasteiger partial charge < -0.3 is 19.7 Å². The molecule has 0 amide bonds. The Morgan fingerprint density at radius 1 is 1.00 bits per heavy atom. The quantitative estimate of drug-likeness (QED) is 0.331. The first-order valence-corrected chi connectivity index (χ1v) is 15.2. The Morgan fingerprint density at radius 2 is 1.66 bits per heavy atom. The summed E-state index contributed by atoms with van der Waals surface area (Å²) in [7, 11) is 0. The molecule has 0 aromatic rings. The van der Waals surface area contributed by atoms with E-state index in [-0.39, 0.29) is 29.0 Å². The van der Waals surface area contributed by atoms with Gasteiger partial charge in [0.2, 0.25) is 0 Å². The summed E-state index contributed by atoms with van der Waals surface area (Å²) in [5.74, 6) is -1.37. The molecule has 4 aliphatic carbocycles. The molecule has 216 valence electrons. The summed E-state index contributed by atoms with van der Waals surface area (Å²) in [6.07, 6.45) is 7.00. The van der Waals surface area contributed by atoms with E-state index < -0.39 is 41.5 Å². The van der Waals surface area contributed by atoms with Gasteiger partial charge in [-0.25, -0.2) is 0 Å². The van der Waals surface area contributed by atoms with Crippen molar-refractivity contribution in [1.29, 1.82) is 0 Å². The molecule has 0 spiro atoms. The molecule has 0 radical (unpaired) electrons. The van der Waals surface area contributed by atoms with Crippen LogP contribution >= 0.6 is 0 Å². The maximum absolute atomic E-state index is 13.0. The van der Waals surface area contributed by atoms with Crippen molar-refractivity contribution in [2.24, 2.45) is 51.2 Å². The molecule has 4 aliphatic rings. The van der Waals surface area contributed by atoms with Gasteiger partial charge in [-0.15, -0.1) is 0 Å². The highest BCUT2D eigenvalue weighted by Gasteiger charge is 2.70. The third-order valence-corrected chi connectivity index (χ3v) is 12.9. The number of aliphatic hydroxyl groups excluding tert-OH is 2. The Morgan fingerprint density at radius 3 is 2.24 bits per heavy atom. The van der Waals surface area contributed by atoms with Gasteiger partial charge in [-0.1, -0.05) is 54.4 Å². The molecule has 38 heavy (non-hydrogen) atoms. The van der Waals surface area contributed by atoms with Crippen molar-refractivity contribution in [2.45, 2.75) is 131 Å². The lowest BCUT2D eigenvalue weighted by molar-refractivity contribution is -0.260. The Hall–Kier alpha value is -1.27. The zero-order chi connectivity index (χ0) is 28.3. The number of fused-ring (bicyclic) bond motifs is 5. The molecule has 0 aromatic heterocycles. The number of hydrogen-bond acceptors (Lipinski definition) is 6. The van der Waals surface area contributed by atoms with E-state index in [1.54, 1.807) is 6.92 Å². The van der Waals surface area contributed by atoms with Crippen LogP contribution in [-0.2, 0) is 19.1 Å². The molecule has 6 heteroatoms. The van der Waals surface area contributed by atoms with Crippen LogP contribution in [0.3, 0.4) is 0 Å². The molecule has 2 N–H and O–H groups in total. The minimum absolute atomic E-state index is 0.0592. The lowest BCUT2D eigenvalue weighted by atomic mass is 9.33. The topological polar surface area (TPSA) is 101 Å². The van der Waals surface area contributed by atoms with E-state index in [9.17, 15) is 24.6 Å². The Bertz CT molecular complexity index is 933. The van der Waals surface area contributed by atoms with Gasteiger partial charge in [0.25, 0.3) is 0 Å². The first-order chi connectivity index (χ1) is 17.7. The number of hydrogen-bond donors (Lipinski definition) is 2.